The normalized spacial score (nSPS) is 17.0. The zero-order chi connectivity index (χ0) is 20.2. The molecule has 0 bridgehead atoms. The zero-order valence-corrected chi connectivity index (χ0v) is 17.3. The lowest BCUT2D eigenvalue weighted by Crippen LogP contribution is -2.29. The highest BCUT2D eigenvalue weighted by atomic mass is 32.2. The Hall–Kier alpha value is -2.28. The van der Waals surface area contributed by atoms with E-state index in [4.69, 9.17) is 9.47 Å². The molecule has 0 aromatic heterocycles. The van der Waals surface area contributed by atoms with E-state index in [1.165, 1.54) is 0 Å². The van der Waals surface area contributed by atoms with Gasteiger partial charge in [0, 0.05) is 18.8 Å². The fourth-order valence-corrected chi connectivity index (χ4v) is 3.59. The van der Waals surface area contributed by atoms with E-state index in [0.717, 1.165) is 46.6 Å². The van der Waals surface area contributed by atoms with Crippen LogP contribution in [-0.4, -0.2) is 27.7 Å². The van der Waals surface area contributed by atoms with Crippen LogP contribution in [0.15, 0.2) is 35.8 Å². The molecule has 148 valence electrons. The number of hydrogen-bond donors (Lipinski definition) is 1. The Labute approximate surface area is 161 Å². The molecule has 7 heteroatoms. The fraction of sp³-hybridized carbons (Fsp3) is 0.450. The lowest BCUT2D eigenvalue weighted by Gasteiger charge is -2.23. The molecule has 1 aliphatic rings. The maximum Gasteiger partial charge on any atom is 0.233 e. The van der Waals surface area contributed by atoms with Crippen LogP contribution in [0.2, 0.25) is 0 Å². The minimum atomic E-state index is -3.52. The molecule has 2 rings (SSSR count). The third kappa shape index (κ3) is 6.13. The molecule has 0 spiro atoms. The number of nitrogens with one attached hydrogen (secondary N) is 1. The number of methoxy groups -OCH3 is 1. The van der Waals surface area contributed by atoms with Crippen molar-refractivity contribution >= 4 is 15.9 Å². The molecule has 1 N–H and O–H groups in total. The summed E-state index contributed by atoms with van der Waals surface area (Å²) >= 11 is 0. The van der Waals surface area contributed by atoms with Crippen molar-refractivity contribution in [2.45, 2.75) is 40.0 Å². The minimum Gasteiger partial charge on any atom is -0.501 e. The molecule has 6 nitrogen and oxygen atoms in total. The van der Waals surface area contributed by atoms with Gasteiger partial charge in [-0.2, -0.15) is 0 Å². The third-order valence-electron chi connectivity index (χ3n) is 4.37. The first-order valence-corrected chi connectivity index (χ1v) is 10.7. The van der Waals surface area contributed by atoms with Gasteiger partial charge in [0.05, 0.1) is 19.1 Å². The van der Waals surface area contributed by atoms with Gasteiger partial charge in [-0.1, -0.05) is 19.1 Å². The Morgan fingerprint density at radius 2 is 1.85 bits per heavy atom. The maximum absolute atomic E-state index is 11.7. The molecule has 1 aliphatic carbocycles. The summed E-state index contributed by atoms with van der Waals surface area (Å²) in [6.45, 7) is 6.02. The average molecular weight is 394 g/mol. The minimum absolute atomic E-state index is 0.110. The summed E-state index contributed by atoms with van der Waals surface area (Å²) in [5.74, 6) is 2.36. The zero-order valence-electron chi connectivity index (χ0n) is 16.5. The Morgan fingerprint density at radius 1 is 1.22 bits per heavy atom. The highest BCUT2D eigenvalue weighted by molar-refractivity contribution is 7.89. The van der Waals surface area contributed by atoms with Crippen molar-refractivity contribution in [3.8, 4) is 5.75 Å². The highest BCUT2D eigenvalue weighted by Crippen LogP contribution is 2.32. The molecule has 1 unspecified atom stereocenters. The van der Waals surface area contributed by atoms with Gasteiger partial charge >= 0.3 is 0 Å². The van der Waals surface area contributed by atoms with Crippen LogP contribution in [0.3, 0.4) is 0 Å². The van der Waals surface area contributed by atoms with E-state index < -0.39 is 15.9 Å². The molecule has 1 aromatic carbocycles. The van der Waals surface area contributed by atoms with E-state index in [1.54, 1.807) is 7.11 Å². The number of benzene rings is 1. The summed E-state index contributed by atoms with van der Waals surface area (Å²) in [6.07, 6.45) is 6.20. The van der Waals surface area contributed by atoms with Gasteiger partial charge in [-0.3, -0.25) is 9.52 Å². The number of ether oxygens (including phenoxy) is 2. The van der Waals surface area contributed by atoms with Crippen molar-refractivity contribution in [2.24, 2.45) is 5.92 Å². The standard InChI is InChI=1S/C20H27NO5S/c1-13-12-17(25-4)7-8-18(13)26-20-14(2)10-16(11-15(20)3)6-9-19(22)21-27(5,23)24/h7-8,10-11,13H,6,9,12H2,1-5H3,(H,21,22). The van der Waals surface area contributed by atoms with Crippen LogP contribution in [0, 0.1) is 19.8 Å². The predicted octanol–water partition coefficient (Wildman–Crippen LogP) is 3.14. The van der Waals surface area contributed by atoms with Gasteiger partial charge in [0.2, 0.25) is 15.9 Å². The van der Waals surface area contributed by atoms with Gasteiger partial charge in [0.15, 0.2) is 0 Å². The van der Waals surface area contributed by atoms with Gasteiger partial charge in [0.25, 0.3) is 0 Å². The Kier molecular flexibility index (Phi) is 6.70. The molecule has 0 fully saturated rings. The fourth-order valence-electron chi connectivity index (χ4n) is 3.07. The highest BCUT2D eigenvalue weighted by Gasteiger charge is 2.19. The predicted molar refractivity (Wildman–Crippen MR) is 105 cm³/mol. The Balaban J connectivity index is 2.10. The Morgan fingerprint density at radius 3 is 2.37 bits per heavy atom. The van der Waals surface area contributed by atoms with E-state index in [9.17, 15) is 13.2 Å². The van der Waals surface area contributed by atoms with E-state index >= 15 is 0 Å². The van der Waals surface area contributed by atoms with Crippen LogP contribution in [-0.2, 0) is 26.0 Å². The molecule has 27 heavy (non-hydrogen) atoms. The number of sulfonamides is 1. The first-order valence-electron chi connectivity index (χ1n) is 8.82. The molecule has 0 saturated heterocycles. The van der Waals surface area contributed by atoms with Gasteiger partial charge in [-0.05, 0) is 49.1 Å². The van der Waals surface area contributed by atoms with E-state index in [0.29, 0.717) is 6.42 Å². The van der Waals surface area contributed by atoms with Crippen LogP contribution in [0.1, 0.15) is 36.5 Å². The monoisotopic (exact) mass is 393 g/mol. The van der Waals surface area contributed by atoms with E-state index in [2.05, 4.69) is 6.92 Å². The van der Waals surface area contributed by atoms with Gasteiger partial charge < -0.3 is 9.47 Å². The summed E-state index contributed by atoms with van der Waals surface area (Å²) in [7, 11) is -1.85. The topological polar surface area (TPSA) is 81.7 Å². The van der Waals surface area contributed by atoms with Gasteiger partial charge in [-0.15, -0.1) is 0 Å². The molecule has 0 saturated carbocycles. The van der Waals surface area contributed by atoms with Crippen LogP contribution in [0.5, 0.6) is 5.75 Å². The largest absolute Gasteiger partial charge is 0.501 e. The molecule has 0 aliphatic heterocycles. The summed E-state index contributed by atoms with van der Waals surface area (Å²) in [4.78, 5) is 11.7. The van der Waals surface area contributed by atoms with E-state index in [-0.39, 0.29) is 12.3 Å². The van der Waals surface area contributed by atoms with Crippen molar-refractivity contribution < 1.29 is 22.7 Å². The molecule has 1 atom stereocenters. The number of aryl methyl sites for hydroxylation is 3. The van der Waals surface area contributed by atoms with Gasteiger partial charge in [0.1, 0.15) is 11.5 Å². The summed E-state index contributed by atoms with van der Waals surface area (Å²) < 4.78 is 35.6. The summed E-state index contributed by atoms with van der Waals surface area (Å²) in [5.41, 5.74) is 2.92. The van der Waals surface area contributed by atoms with Crippen molar-refractivity contribution in [1.82, 2.24) is 4.72 Å². The second kappa shape index (κ2) is 8.61. The van der Waals surface area contributed by atoms with Crippen molar-refractivity contribution in [1.29, 1.82) is 0 Å². The second-order valence-corrected chi connectivity index (χ2v) is 8.72. The molecule has 1 amide bonds. The third-order valence-corrected chi connectivity index (χ3v) is 4.97. The number of allylic oxidation sites excluding steroid dienone is 4. The quantitative estimate of drug-likeness (QED) is 0.770. The Bertz CT molecular complexity index is 861. The SMILES string of the molecule is COC1=CC=C(Oc2c(C)cc(CCC(=O)NS(C)(=O)=O)cc2C)C(C)C1. The smallest absolute Gasteiger partial charge is 0.233 e. The average Bonchev–Trinajstić information content (AvgIpc) is 2.56. The number of carbonyl (C=O) groups is 1. The second-order valence-electron chi connectivity index (χ2n) is 6.97. The molecular weight excluding hydrogens is 366 g/mol. The summed E-state index contributed by atoms with van der Waals surface area (Å²) in [5, 5.41) is 0. The number of amides is 1. The van der Waals surface area contributed by atoms with Crippen molar-refractivity contribution in [3.05, 3.63) is 52.5 Å². The first-order chi connectivity index (χ1) is 12.6. The van der Waals surface area contributed by atoms with Crippen LogP contribution < -0.4 is 9.46 Å². The number of hydrogen-bond acceptors (Lipinski definition) is 5. The van der Waals surface area contributed by atoms with Crippen molar-refractivity contribution in [2.75, 3.05) is 13.4 Å². The first kappa shape index (κ1) is 21.0. The molecular formula is C20H27NO5S. The molecule has 1 aromatic rings. The van der Waals surface area contributed by atoms with Gasteiger partial charge in [-0.25, -0.2) is 8.42 Å². The number of rotatable bonds is 7. The lowest BCUT2D eigenvalue weighted by atomic mass is 9.98. The lowest BCUT2D eigenvalue weighted by molar-refractivity contribution is -0.119. The van der Waals surface area contributed by atoms with Crippen molar-refractivity contribution in [3.63, 3.8) is 0 Å². The summed E-state index contributed by atoms with van der Waals surface area (Å²) in [6, 6.07) is 3.95. The number of carbonyl (C=O) groups excluding carboxylic acids is 1. The van der Waals surface area contributed by atoms with E-state index in [1.807, 2.05) is 42.9 Å². The molecule has 0 radical (unpaired) electrons. The van der Waals surface area contributed by atoms with Crippen LogP contribution >= 0.6 is 0 Å². The van der Waals surface area contributed by atoms with Crippen LogP contribution in [0.4, 0.5) is 0 Å². The maximum atomic E-state index is 11.7. The molecule has 0 heterocycles. The van der Waals surface area contributed by atoms with Crippen LogP contribution in [0.25, 0.3) is 0 Å².